The van der Waals surface area contributed by atoms with Crippen molar-refractivity contribution in [3.63, 3.8) is 0 Å². The molecule has 1 aromatic rings. The third-order valence-electron chi connectivity index (χ3n) is 3.22. The van der Waals surface area contributed by atoms with Gasteiger partial charge in [-0.05, 0) is 24.6 Å². The molecule has 5 nitrogen and oxygen atoms in total. The third kappa shape index (κ3) is 5.85. The number of hydrogen-bond donors (Lipinski definition) is 1. The Morgan fingerprint density at radius 3 is 2.76 bits per heavy atom. The quantitative estimate of drug-likeness (QED) is 0.748. The molecule has 0 atom stereocenters. The average Bonchev–Trinajstić information content (AvgIpc) is 2.51. The minimum atomic E-state index is -0.367. The van der Waals surface area contributed by atoms with Crippen LogP contribution in [0.25, 0.3) is 0 Å². The maximum Gasteiger partial charge on any atom is 0.337 e. The zero-order valence-corrected chi connectivity index (χ0v) is 13.0. The van der Waals surface area contributed by atoms with E-state index < -0.39 is 0 Å². The summed E-state index contributed by atoms with van der Waals surface area (Å²) in [6.45, 7) is 3.45. The Hall–Kier alpha value is -2.04. The van der Waals surface area contributed by atoms with Gasteiger partial charge in [-0.25, -0.2) is 4.79 Å². The van der Waals surface area contributed by atoms with E-state index in [2.05, 4.69) is 17.0 Å². The molecule has 0 aliphatic rings. The molecule has 0 saturated heterocycles. The molecule has 0 aliphatic carbocycles. The molecule has 116 valence electrons. The fourth-order valence-corrected chi connectivity index (χ4v) is 1.90. The first kappa shape index (κ1) is 17.0. The van der Waals surface area contributed by atoms with Crippen molar-refractivity contribution < 1.29 is 14.3 Å². The number of carbonyl (C=O) groups is 2. The van der Waals surface area contributed by atoms with Gasteiger partial charge in [-0.1, -0.05) is 19.4 Å². The maximum atomic E-state index is 11.9. The van der Waals surface area contributed by atoms with E-state index in [1.807, 2.05) is 13.1 Å². The number of amides is 1. The van der Waals surface area contributed by atoms with E-state index in [4.69, 9.17) is 0 Å². The van der Waals surface area contributed by atoms with E-state index in [9.17, 15) is 9.59 Å². The van der Waals surface area contributed by atoms with E-state index >= 15 is 0 Å². The van der Waals surface area contributed by atoms with Crippen LogP contribution >= 0.6 is 0 Å². The second-order valence-corrected chi connectivity index (χ2v) is 4.92. The zero-order chi connectivity index (χ0) is 15.7. The molecule has 0 heterocycles. The Morgan fingerprint density at radius 2 is 2.10 bits per heavy atom. The van der Waals surface area contributed by atoms with Crippen LogP contribution in [0.1, 0.15) is 36.5 Å². The summed E-state index contributed by atoms with van der Waals surface area (Å²) >= 11 is 0. The van der Waals surface area contributed by atoms with Crippen LogP contribution in [0.5, 0.6) is 0 Å². The molecule has 1 N–H and O–H groups in total. The van der Waals surface area contributed by atoms with E-state index in [1.54, 1.807) is 23.1 Å². The molecule has 0 unspecified atom stereocenters. The molecule has 1 rings (SSSR count). The monoisotopic (exact) mass is 292 g/mol. The minimum Gasteiger partial charge on any atom is -0.465 e. The molecular formula is C16H24N2O3. The number of carbonyl (C=O) groups excluding carboxylic acids is 2. The number of nitrogens with zero attached hydrogens (tertiary/aromatic N) is 1. The van der Waals surface area contributed by atoms with Crippen molar-refractivity contribution in [2.75, 3.05) is 32.6 Å². The van der Waals surface area contributed by atoms with Gasteiger partial charge in [-0.2, -0.15) is 0 Å². The van der Waals surface area contributed by atoms with Gasteiger partial charge >= 0.3 is 5.97 Å². The molecule has 0 fully saturated rings. The van der Waals surface area contributed by atoms with Crippen LogP contribution < -0.4 is 5.32 Å². The largest absolute Gasteiger partial charge is 0.465 e. The van der Waals surface area contributed by atoms with E-state index in [1.165, 1.54) is 7.11 Å². The molecule has 5 heteroatoms. The maximum absolute atomic E-state index is 11.9. The summed E-state index contributed by atoms with van der Waals surface area (Å²) in [5, 5.41) is 3.15. The van der Waals surface area contributed by atoms with Crippen LogP contribution in [0.3, 0.4) is 0 Å². The van der Waals surface area contributed by atoms with Crippen LogP contribution in [0.15, 0.2) is 24.3 Å². The van der Waals surface area contributed by atoms with Crippen molar-refractivity contribution in [2.45, 2.75) is 26.2 Å². The predicted octanol–water partition coefficient (Wildman–Crippen LogP) is 2.53. The number of nitrogens with one attached hydrogen (secondary N) is 1. The van der Waals surface area contributed by atoms with Crippen LogP contribution in [0.2, 0.25) is 0 Å². The van der Waals surface area contributed by atoms with Crippen molar-refractivity contribution in [1.29, 1.82) is 0 Å². The molecule has 1 amide bonds. The highest BCUT2D eigenvalue weighted by Gasteiger charge is 2.08. The molecule has 0 saturated carbocycles. The van der Waals surface area contributed by atoms with Crippen LogP contribution in [0.4, 0.5) is 5.69 Å². The summed E-state index contributed by atoms with van der Waals surface area (Å²) in [4.78, 5) is 25.1. The third-order valence-corrected chi connectivity index (χ3v) is 3.22. The first-order valence-corrected chi connectivity index (χ1v) is 7.24. The lowest BCUT2D eigenvalue weighted by Crippen LogP contribution is -2.29. The topological polar surface area (TPSA) is 58.6 Å². The molecule has 0 radical (unpaired) electrons. The van der Waals surface area contributed by atoms with Gasteiger partial charge in [-0.15, -0.1) is 0 Å². The van der Waals surface area contributed by atoms with Gasteiger partial charge in [0, 0.05) is 32.2 Å². The number of unbranched alkanes of at least 4 members (excludes halogenated alkanes) is 1. The number of esters is 1. The summed E-state index contributed by atoms with van der Waals surface area (Å²) in [6, 6.07) is 7.05. The van der Waals surface area contributed by atoms with E-state index in [-0.39, 0.29) is 11.9 Å². The van der Waals surface area contributed by atoms with Crippen molar-refractivity contribution >= 4 is 17.6 Å². The van der Waals surface area contributed by atoms with Gasteiger partial charge < -0.3 is 15.0 Å². The van der Waals surface area contributed by atoms with Crippen molar-refractivity contribution in [3.05, 3.63) is 29.8 Å². The number of anilines is 1. The summed E-state index contributed by atoms with van der Waals surface area (Å²) in [6.07, 6.45) is 2.54. The molecule has 0 bridgehead atoms. The standard InChI is InChI=1S/C16H24N2O3/c1-4-5-11-18(2)15(19)9-10-17-14-8-6-7-13(12-14)16(20)21-3/h6-8,12,17H,4-5,9-11H2,1-3H3. The number of ether oxygens (including phenoxy) is 1. The average molecular weight is 292 g/mol. The fourth-order valence-electron chi connectivity index (χ4n) is 1.90. The summed E-state index contributed by atoms with van der Waals surface area (Å²) < 4.78 is 4.68. The smallest absolute Gasteiger partial charge is 0.337 e. The van der Waals surface area contributed by atoms with Crippen molar-refractivity contribution in [1.82, 2.24) is 4.90 Å². The summed E-state index contributed by atoms with van der Waals surface area (Å²) in [7, 11) is 3.18. The van der Waals surface area contributed by atoms with Gasteiger partial charge in [0.25, 0.3) is 0 Å². The SMILES string of the molecule is CCCCN(C)C(=O)CCNc1cccc(C(=O)OC)c1. The van der Waals surface area contributed by atoms with Gasteiger partial charge in [0.15, 0.2) is 0 Å². The Bertz CT molecular complexity index is 474. The van der Waals surface area contributed by atoms with Crippen LogP contribution in [-0.2, 0) is 9.53 Å². The lowest BCUT2D eigenvalue weighted by atomic mass is 10.2. The first-order chi connectivity index (χ1) is 10.1. The minimum absolute atomic E-state index is 0.125. The fraction of sp³-hybridized carbons (Fsp3) is 0.500. The molecule has 21 heavy (non-hydrogen) atoms. The van der Waals surface area contributed by atoms with Gasteiger partial charge in [0.1, 0.15) is 0 Å². The van der Waals surface area contributed by atoms with E-state index in [0.717, 1.165) is 25.1 Å². The molecule has 0 aliphatic heterocycles. The van der Waals surface area contributed by atoms with Crippen molar-refractivity contribution in [2.24, 2.45) is 0 Å². The van der Waals surface area contributed by atoms with Crippen molar-refractivity contribution in [3.8, 4) is 0 Å². The van der Waals surface area contributed by atoms with Gasteiger partial charge in [0.2, 0.25) is 5.91 Å². The normalized spacial score (nSPS) is 10.0. The number of benzene rings is 1. The zero-order valence-electron chi connectivity index (χ0n) is 13.0. The van der Waals surface area contributed by atoms with E-state index in [0.29, 0.717) is 18.5 Å². The van der Waals surface area contributed by atoms with Crippen LogP contribution in [0, 0.1) is 0 Å². The highest BCUT2D eigenvalue weighted by atomic mass is 16.5. The lowest BCUT2D eigenvalue weighted by molar-refractivity contribution is -0.129. The number of hydrogen-bond acceptors (Lipinski definition) is 4. The number of methoxy groups -OCH3 is 1. The Balaban J connectivity index is 2.42. The molecular weight excluding hydrogens is 268 g/mol. The highest BCUT2D eigenvalue weighted by Crippen LogP contribution is 2.11. The molecule has 0 aromatic heterocycles. The van der Waals surface area contributed by atoms with Gasteiger partial charge in [0.05, 0.1) is 12.7 Å². The van der Waals surface area contributed by atoms with Gasteiger partial charge in [-0.3, -0.25) is 4.79 Å². The summed E-state index contributed by atoms with van der Waals surface area (Å²) in [5.41, 5.74) is 1.30. The highest BCUT2D eigenvalue weighted by molar-refractivity contribution is 5.90. The predicted molar refractivity (Wildman–Crippen MR) is 83.4 cm³/mol. The Kier molecular flexibility index (Phi) is 7.29. The molecule has 1 aromatic carbocycles. The van der Waals surface area contributed by atoms with Crippen LogP contribution in [-0.4, -0.2) is 44.0 Å². The Morgan fingerprint density at radius 1 is 1.33 bits per heavy atom. The molecule has 0 spiro atoms. The first-order valence-electron chi connectivity index (χ1n) is 7.24. The second-order valence-electron chi connectivity index (χ2n) is 4.92. The summed E-state index contributed by atoms with van der Waals surface area (Å²) in [5.74, 6) is -0.242. The number of rotatable bonds is 8. The Labute approximate surface area is 126 Å². The lowest BCUT2D eigenvalue weighted by Gasteiger charge is -2.17. The second kappa shape index (κ2) is 9.00.